The van der Waals surface area contributed by atoms with Crippen molar-refractivity contribution >= 4 is 0 Å². The van der Waals surface area contributed by atoms with Gasteiger partial charge in [-0.3, -0.25) is 9.36 Å². The van der Waals surface area contributed by atoms with E-state index in [4.69, 9.17) is 9.47 Å². The zero-order valence-electron chi connectivity index (χ0n) is 17.2. The van der Waals surface area contributed by atoms with Crippen LogP contribution in [-0.2, 0) is 24.1 Å². The molecule has 0 saturated carbocycles. The second-order valence-electron chi connectivity index (χ2n) is 6.83. The van der Waals surface area contributed by atoms with Crippen molar-refractivity contribution in [2.24, 2.45) is 0 Å². The van der Waals surface area contributed by atoms with Gasteiger partial charge in [0.15, 0.2) is 18.4 Å². The highest BCUT2D eigenvalue weighted by molar-refractivity contribution is 5.66. The standard InChI is InChI=1S/C23H24F2N2O3/c1-4-17-15(2)26-22(20-18(24)10-11-19(25)21(20)30-14-29-3)27(23(17)28)13-12-16-8-6-5-7-9-16/h5-11H,4,12-14H2,1-3H3. The minimum Gasteiger partial charge on any atom is -0.464 e. The molecule has 0 fully saturated rings. The lowest BCUT2D eigenvalue weighted by Crippen LogP contribution is -2.29. The molecule has 1 heterocycles. The van der Waals surface area contributed by atoms with Gasteiger partial charge < -0.3 is 9.47 Å². The van der Waals surface area contributed by atoms with Gasteiger partial charge in [-0.15, -0.1) is 0 Å². The first-order chi connectivity index (χ1) is 14.5. The van der Waals surface area contributed by atoms with E-state index >= 15 is 0 Å². The molecule has 3 aromatic rings. The van der Waals surface area contributed by atoms with E-state index in [9.17, 15) is 13.6 Å². The van der Waals surface area contributed by atoms with Crippen LogP contribution < -0.4 is 10.3 Å². The predicted molar refractivity (Wildman–Crippen MR) is 111 cm³/mol. The second kappa shape index (κ2) is 9.63. The zero-order valence-corrected chi connectivity index (χ0v) is 17.2. The van der Waals surface area contributed by atoms with Gasteiger partial charge in [-0.2, -0.15) is 0 Å². The number of nitrogens with zero attached hydrogens (tertiary/aromatic N) is 2. The maximum atomic E-state index is 14.9. The van der Waals surface area contributed by atoms with Gasteiger partial charge in [-0.1, -0.05) is 37.3 Å². The fourth-order valence-electron chi connectivity index (χ4n) is 3.39. The van der Waals surface area contributed by atoms with Crippen molar-refractivity contribution in [1.82, 2.24) is 9.55 Å². The van der Waals surface area contributed by atoms with Crippen LogP contribution in [0.15, 0.2) is 47.3 Å². The molecule has 0 unspecified atom stereocenters. The number of ether oxygens (including phenoxy) is 2. The summed E-state index contributed by atoms with van der Waals surface area (Å²) in [5.41, 5.74) is 1.59. The third-order valence-electron chi connectivity index (χ3n) is 4.89. The molecule has 0 saturated heterocycles. The molecular formula is C23H24F2N2O3. The molecule has 0 N–H and O–H groups in total. The molecule has 0 bridgehead atoms. The van der Waals surface area contributed by atoms with Crippen molar-refractivity contribution < 1.29 is 18.3 Å². The number of hydrogen-bond acceptors (Lipinski definition) is 4. The highest BCUT2D eigenvalue weighted by atomic mass is 19.1. The molecule has 0 radical (unpaired) electrons. The smallest absolute Gasteiger partial charge is 0.257 e. The van der Waals surface area contributed by atoms with Crippen LogP contribution in [0.2, 0.25) is 0 Å². The molecule has 0 amide bonds. The van der Waals surface area contributed by atoms with Crippen molar-refractivity contribution in [1.29, 1.82) is 0 Å². The molecule has 2 aromatic carbocycles. The Balaban J connectivity index is 2.19. The first-order valence-corrected chi connectivity index (χ1v) is 9.72. The molecular weight excluding hydrogens is 390 g/mol. The summed E-state index contributed by atoms with van der Waals surface area (Å²) in [5.74, 6) is -1.79. The SMILES string of the molecule is CCc1c(C)nc(-c2c(F)ccc(F)c2OCOC)n(CCc2ccccc2)c1=O. The van der Waals surface area contributed by atoms with Crippen molar-refractivity contribution in [3.63, 3.8) is 0 Å². The highest BCUT2D eigenvalue weighted by Crippen LogP contribution is 2.34. The quantitative estimate of drug-likeness (QED) is 0.516. The molecule has 3 rings (SSSR count). The largest absolute Gasteiger partial charge is 0.464 e. The van der Waals surface area contributed by atoms with E-state index in [0.717, 1.165) is 17.7 Å². The average Bonchev–Trinajstić information content (AvgIpc) is 2.74. The number of benzene rings is 2. The summed E-state index contributed by atoms with van der Waals surface area (Å²) in [6, 6.07) is 11.6. The fraction of sp³-hybridized carbons (Fsp3) is 0.304. The lowest BCUT2D eigenvalue weighted by molar-refractivity contribution is 0.0484. The lowest BCUT2D eigenvalue weighted by atomic mass is 10.1. The van der Waals surface area contributed by atoms with Crippen LogP contribution in [0.25, 0.3) is 11.4 Å². The van der Waals surface area contributed by atoms with Crippen LogP contribution in [0.4, 0.5) is 8.78 Å². The Hall–Kier alpha value is -3.06. The number of methoxy groups -OCH3 is 1. The Morgan fingerprint density at radius 1 is 1.07 bits per heavy atom. The maximum Gasteiger partial charge on any atom is 0.257 e. The minimum absolute atomic E-state index is 0.0359. The molecule has 30 heavy (non-hydrogen) atoms. The van der Waals surface area contributed by atoms with Gasteiger partial charge in [-0.25, -0.2) is 13.8 Å². The Labute approximate surface area is 173 Å². The summed E-state index contributed by atoms with van der Waals surface area (Å²) in [5, 5.41) is 0. The van der Waals surface area contributed by atoms with E-state index in [1.54, 1.807) is 6.92 Å². The third-order valence-corrected chi connectivity index (χ3v) is 4.89. The van der Waals surface area contributed by atoms with Gasteiger partial charge in [0.25, 0.3) is 5.56 Å². The zero-order chi connectivity index (χ0) is 21.7. The van der Waals surface area contributed by atoms with E-state index in [-0.39, 0.29) is 36.0 Å². The van der Waals surface area contributed by atoms with E-state index in [2.05, 4.69) is 4.98 Å². The molecule has 0 aliphatic rings. The summed E-state index contributed by atoms with van der Waals surface area (Å²) >= 11 is 0. The van der Waals surface area contributed by atoms with E-state index in [1.807, 2.05) is 37.3 Å². The Morgan fingerprint density at radius 3 is 2.43 bits per heavy atom. The lowest BCUT2D eigenvalue weighted by Gasteiger charge is -2.18. The van der Waals surface area contributed by atoms with Crippen molar-refractivity contribution in [2.75, 3.05) is 13.9 Å². The molecule has 0 atom stereocenters. The van der Waals surface area contributed by atoms with Crippen molar-refractivity contribution in [3.05, 3.63) is 81.3 Å². The Bertz CT molecular complexity index is 1080. The number of rotatable bonds is 8. The Morgan fingerprint density at radius 2 is 1.77 bits per heavy atom. The molecule has 5 nitrogen and oxygen atoms in total. The Kier molecular flexibility index (Phi) is 6.95. The van der Waals surface area contributed by atoms with Gasteiger partial charge in [0.2, 0.25) is 0 Å². The minimum atomic E-state index is -0.760. The van der Waals surface area contributed by atoms with Gasteiger partial charge in [0, 0.05) is 24.9 Å². The van der Waals surface area contributed by atoms with E-state index < -0.39 is 11.6 Å². The monoisotopic (exact) mass is 414 g/mol. The highest BCUT2D eigenvalue weighted by Gasteiger charge is 2.24. The normalized spacial score (nSPS) is 11.0. The topological polar surface area (TPSA) is 53.4 Å². The summed E-state index contributed by atoms with van der Waals surface area (Å²) in [4.78, 5) is 17.7. The third kappa shape index (κ3) is 4.41. The fourth-order valence-corrected chi connectivity index (χ4v) is 3.39. The number of hydrogen-bond donors (Lipinski definition) is 0. The summed E-state index contributed by atoms with van der Waals surface area (Å²) in [6.45, 7) is 3.55. The van der Waals surface area contributed by atoms with E-state index in [1.165, 1.54) is 11.7 Å². The molecule has 0 aliphatic carbocycles. The summed E-state index contributed by atoms with van der Waals surface area (Å²) < 4.78 is 41.0. The predicted octanol–water partition coefficient (Wildman–Crippen LogP) is 4.28. The van der Waals surface area contributed by atoms with Crippen LogP contribution >= 0.6 is 0 Å². The van der Waals surface area contributed by atoms with Gasteiger partial charge in [-0.05, 0) is 37.5 Å². The first kappa shape index (κ1) is 21.6. The molecule has 0 aliphatic heterocycles. The van der Waals surface area contributed by atoms with Gasteiger partial charge in [0.1, 0.15) is 11.6 Å². The average molecular weight is 414 g/mol. The molecule has 1 aromatic heterocycles. The van der Waals surface area contributed by atoms with Crippen LogP contribution in [0.5, 0.6) is 5.75 Å². The van der Waals surface area contributed by atoms with Crippen molar-refractivity contribution in [3.8, 4) is 17.1 Å². The first-order valence-electron chi connectivity index (χ1n) is 9.72. The van der Waals surface area contributed by atoms with Crippen LogP contribution in [0, 0.1) is 18.6 Å². The summed E-state index contributed by atoms with van der Waals surface area (Å²) in [7, 11) is 1.38. The van der Waals surface area contributed by atoms with Crippen LogP contribution in [-0.4, -0.2) is 23.5 Å². The molecule has 158 valence electrons. The molecule has 7 heteroatoms. The second-order valence-corrected chi connectivity index (χ2v) is 6.83. The van der Waals surface area contributed by atoms with E-state index in [0.29, 0.717) is 24.1 Å². The van der Waals surface area contributed by atoms with Gasteiger partial charge >= 0.3 is 0 Å². The maximum absolute atomic E-state index is 14.9. The number of halogens is 2. The number of aromatic nitrogens is 2. The summed E-state index contributed by atoms with van der Waals surface area (Å²) in [6.07, 6.45) is 1.02. The molecule has 0 spiro atoms. The number of aryl methyl sites for hydroxylation is 2. The van der Waals surface area contributed by atoms with Gasteiger partial charge in [0.05, 0.1) is 5.56 Å². The van der Waals surface area contributed by atoms with Crippen molar-refractivity contribution in [2.45, 2.75) is 33.2 Å². The van der Waals surface area contributed by atoms with Crippen LogP contribution in [0.3, 0.4) is 0 Å². The van der Waals surface area contributed by atoms with Crippen LogP contribution in [0.1, 0.15) is 23.7 Å².